The largest absolute Gasteiger partial charge is 0.377 e. The molecule has 0 bridgehead atoms. The smallest absolute Gasteiger partial charge is 0.130 e. The summed E-state index contributed by atoms with van der Waals surface area (Å²) in [4.78, 5) is 14.6. The van der Waals surface area contributed by atoms with Crippen LogP contribution in [0.5, 0.6) is 0 Å². The molecule has 3 aromatic heterocycles. The van der Waals surface area contributed by atoms with E-state index < -0.39 is 5.41 Å². The van der Waals surface area contributed by atoms with Gasteiger partial charge in [0.1, 0.15) is 17.0 Å². The summed E-state index contributed by atoms with van der Waals surface area (Å²) >= 11 is 0. The highest BCUT2D eigenvalue weighted by atomic mass is 16.5. The number of nitrogens with one attached hydrogen (secondary N) is 2. The van der Waals surface area contributed by atoms with Crippen LogP contribution in [0.15, 0.2) is 30.6 Å². The highest BCUT2D eigenvalue weighted by molar-refractivity contribution is 5.94. The molecule has 1 atom stereocenters. The molecule has 6 heterocycles. The summed E-state index contributed by atoms with van der Waals surface area (Å²) in [6.45, 7) is 8.26. The summed E-state index contributed by atoms with van der Waals surface area (Å²) < 4.78 is 5.68. The third-order valence-electron chi connectivity index (χ3n) is 7.79. The number of aromatic amines is 1. The van der Waals surface area contributed by atoms with E-state index in [4.69, 9.17) is 9.72 Å². The van der Waals surface area contributed by atoms with Gasteiger partial charge in [0.25, 0.3) is 0 Å². The van der Waals surface area contributed by atoms with Crippen LogP contribution >= 0.6 is 0 Å². The van der Waals surface area contributed by atoms with E-state index in [1.54, 1.807) is 6.20 Å². The highest BCUT2D eigenvalue weighted by Gasteiger charge is 2.41. The summed E-state index contributed by atoms with van der Waals surface area (Å²) in [5, 5.41) is 22.1. The van der Waals surface area contributed by atoms with Crippen molar-refractivity contribution in [1.29, 1.82) is 5.26 Å². The maximum Gasteiger partial charge on any atom is 0.130 e. The van der Waals surface area contributed by atoms with Gasteiger partial charge in [0.05, 0.1) is 36.4 Å². The van der Waals surface area contributed by atoms with Crippen LogP contribution in [0.4, 0.5) is 5.82 Å². The number of hydrogen-bond donors (Lipinski definition) is 2. The number of nitrogens with zero attached hydrogens (tertiary/aromatic N) is 6. The Labute approximate surface area is 199 Å². The van der Waals surface area contributed by atoms with E-state index in [0.29, 0.717) is 19.3 Å². The molecule has 0 radical (unpaired) electrons. The number of morpholine rings is 1. The standard InChI is InChI=1S/C25H30N8O/c1-17-15-34-11-10-33(17)22-12-20(25(16-26)4-8-32(9-5-25)18-13-27-14-18)19-2-6-28-24(23(19)30-22)21-3-7-29-31-21/h2-3,6-7,12,17-18,27H,4-5,8-11,13-15H2,1H3,(H,29,31)/t17-/m1/s1. The van der Waals surface area contributed by atoms with E-state index in [1.807, 2.05) is 18.3 Å². The SMILES string of the molecule is C[C@@H]1COCCN1c1cc(C2(C#N)CCN(C3CNC3)CC2)c2ccnc(-c3ccn[nH]3)c2n1. The van der Waals surface area contributed by atoms with Crippen molar-refractivity contribution in [2.24, 2.45) is 0 Å². The van der Waals surface area contributed by atoms with Crippen molar-refractivity contribution in [3.8, 4) is 17.5 Å². The second-order valence-electron chi connectivity index (χ2n) is 9.71. The molecular formula is C25H30N8O. The first-order valence-electron chi connectivity index (χ1n) is 12.2. The summed E-state index contributed by atoms with van der Waals surface area (Å²) in [7, 11) is 0. The Kier molecular flexibility index (Phi) is 5.44. The van der Waals surface area contributed by atoms with E-state index in [-0.39, 0.29) is 6.04 Å². The topological polar surface area (TPSA) is 106 Å². The Bertz CT molecular complexity index is 1210. The monoisotopic (exact) mass is 458 g/mol. The summed E-state index contributed by atoms with van der Waals surface area (Å²) in [5.74, 6) is 0.896. The second kappa shape index (κ2) is 8.62. The van der Waals surface area contributed by atoms with Crippen LogP contribution in [0.1, 0.15) is 25.3 Å². The number of anilines is 1. The molecule has 34 heavy (non-hydrogen) atoms. The third-order valence-corrected chi connectivity index (χ3v) is 7.79. The number of aromatic nitrogens is 4. The molecule has 0 aliphatic carbocycles. The van der Waals surface area contributed by atoms with Crippen molar-refractivity contribution in [3.05, 3.63) is 36.2 Å². The first-order valence-corrected chi connectivity index (χ1v) is 12.2. The Morgan fingerprint density at radius 1 is 1.18 bits per heavy atom. The summed E-state index contributed by atoms with van der Waals surface area (Å²) in [6.07, 6.45) is 5.19. The average Bonchev–Trinajstić information content (AvgIpc) is 3.38. The van der Waals surface area contributed by atoms with Crippen LogP contribution in [0.3, 0.4) is 0 Å². The van der Waals surface area contributed by atoms with Gasteiger partial charge in [0.2, 0.25) is 0 Å². The molecule has 6 rings (SSSR count). The predicted molar refractivity (Wildman–Crippen MR) is 130 cm³/mol. The quantitative estimate of drug-likeness (QED) is 0.612. The first-order chi connectivity index (χ1) is 16.7. The Morgan fingerprint density at radius 2 is 2.03 bits per heavy atom. The number of nitriles is 1. The summed E-state index contributed by atoms with van der Waals surface area (Å²) in [5.41, 5.74) is 2.94. The minimum atomic E-state index is -0.550. The van der Waals surface area contributed by atoms with Crippen LogP contribution in [0.25, 0.3) is 22.3 Å². The van der Waals surface area contributed by atoms with Crippen LogP contribution in [-0.2, 0) is 10.2 Å². The predicted octanol–water partition coefficient (Wildman–Crippen LogP) is 2.07. The van der Waals surface area contributed by atoms with Crippen molar-refractivity contribution >= 4 is 16.7 Å². The van der Waals surface area contributed by atoms with Crippen molar-refractivity contribution in [1.82, 2.24) is 30.4 Å². The lowest BCUT2D eigenvalue weighted by Gasteiger charge is -2.45. The van der Waals surface area contributed by atoms with Crippen molar-refractivity contribution < 1.29 is 4.74 Å². The molecule has 3 aliphatic heterocycles. The van der Waals surface area contributed by atoms with Gasteiger partial charge in [0.15, 0.2) is 0 Å². The molecule has 0 unspecified atom stereocenters. The lowest BCUT2D eigenvalue weighted by molar-refractivity contribution is 0.0981. The molecule has 0 saturated carbocycles. The van der Waals surface area contributed by atoms with E-state index in [0.717, 1.165) is 79.2 Å². The van der Waals surface area contributed by atoms with Crippen LogP contribution in [-0.4, -0.2) is 83.1 Å². The van der Waals surface area contributed by atoms with Crippen molar-refractivity contribution in [2.45, 2.75) is 37.3 Å². The van der Waals surface area contributed by atoms with Gasteiger partial charge in [-0.1, -0.05) is 0 Å². The first kappa shape index (κ1) is 21.5. The number of rotatable bonds is 4. The van der Waals surface area contributed by atoms with E-state index in [9.17, 15) is 5.26 Å². The van der Waals surface area contributed by atoms with Crippen molar-refractivity contribution in [2.75, 3.05) is 50.8 Å². The number of H-pyrrole nitrogens is 1. The molecule has 2 N–H and O–H groups in total. The van der Waals surface area contributed by atoms with Crippen molar-refractivity contribution in [3.63, 3.8) is 0 Å². The third kappa shape index (κ3) is 3.54. The molecule has 3 fully saturated rings. The van der Waals surface area contributed by atoms with Gasteiger partial charge >= 0.3 is 0 Å². The number of pyridine rings is 2. The maximum absolute atomic E-state index is 10.6. The number of hydrogen-bond acceptors (Lipinski definition) is 8. The van der Waals surface area contributed by atoms with Crippen LogP contribution < -0.4 is 10.2 Å². The molecule has 0 aromatic carbocycles. The van der Waals surface area contributed by atoms with E-state index in [2.05, 4.69) is 49.4 Å². The zero-order valence-electron chi connectivity index (χ0n) is 19.5. The normalized spacial score (nSPS) is 23.5. The number of ether oxygens (including phenoxy) is 1. The molecule has 9 nitrogen and oxygen atoms in total. The molecule has 176 valence electrons. The lowest BCUT2D eigenvalue weighted by atomic mass is 9.72. The van der Waals surface area contributed by atoms with Gasteiger partial charge in [0, 0.05) is 56.5 Å². The number of piperidine rings is 1. The number of likely N-dealkylation sites (tertiary alicyclic amines) is 1. The Hall–Kier alpha value is -3.06. The molecular weight excluding hydrogens is 428 g/mol. The van der Waals surface area contributed by atoms with Gasteiger partial charge in [-0.25, -0.2) is 4.98 Å². The molecule has 9 heteroatoms. The minimum absolute atomic E-state index is 0.213. The van der Waals surface area contributed by atoms with Gasteiger partial charge in [-0.3, -0.25) is 15.0 Å². The second-order valence-corrected chi connectivity index (χ2v) is 9.71. The summed E-state index contributed by atoms with van der Waals surface area (Å²) in [6, 6.07) is 9.69. The van der Waals surface area contributed by atoms with E-state index >= 15 is 0 Å². The fourth-order valence-corrected chi connectivity index (χ4v) is 5.58. The molecule has 3 saturated heterocycles. The van der Waals surface area contributed by atoms with Gasteiger partial charge in [-0.2, -0.15) is 10.4 Å². The fraction of sp³-hybridized carbons (Fsp3) is 0.520. The fourth-order valence-electron chi connectivity index (χ4n) is 5.58. The Balaban J connectivity index is 1.49. The van der Waals surface area contributed by atoms with Crippen LogP contribution in [0, 0.1) is 11.3 Å². The molecule has 0 spiro atoms. The maximum atomic E-state index is 10.6. The highest BCUT2D eigenvalue weighted by Crippen LogP contribution is 2.42. The van der Waals surface area contributed by atoms with E-state index in [1.165, 1.54) is 0 Å². The van der Waals surface area contributed by atoms with Gasteiger partial charge in [-0.05, 0) is 43.5 Å². The lowest BCUT2D eigenvalue weighted by Crippen LogP contribution is -2.60. The molecule has 3 aromatic rings. The number of fused-ring (bicyclic) bond motifs is 1. The molecule has 3 aliphatic rings. The average molecular weight is 459 g/mol. The molecule has 0 amide bonds. The Morgan fingerprint density at radius 3 is 2.71 bits per heavy atom. The van der Waals surface area contributed by atoms with Gasteiger partial charge in [-0.15, -0.1) is 0 Å². The zero-order chi connectivity index (χ0) is 23.1. The zero-order valence-corrected chi connectivity index (χ0v) is 19.5. The van der Waals surface area contributed by atoms with Gasteiger partial charge < -0.3 is 15.0 Å². The minimum Gasteiger partial charge on any atom is -0.377 e. The van der Waals surface area contributed by atoms with Crippen LogP contribution in [0.2, 0.25) is 0 Å².